The molecule has 2 N–H and O–H groups in total. The summed E-state index contributed by atoms with van der Waals surface area (Å²) >= 11 is 0. The van der Waals surface area contributed by atoms with Gasteiger partial charge in [-0.05, 0) is 19.1 Å². The maximum absolute atomic E-state index is 13.3. The van der Waals surface area contributed by atoms with Crippen LogP contribution in [-0.4, -0.2) is 35.7 Å². The van der Waals surface area contributed by atoms with Crippen LogP contribution in [-0.2, 0) is 14.8 Å². The Kier molecular flexibility index (Phi) is 5.07. The number of hydrogen-bond acceptors (Lipinski definition) is 8. The summed E-state index contributed by atoms with van der Waals surface area (Å²) in [5, 5.41) is 3.41. The maximum Gasteiger partial charge on any atom is 0.361 e. The molecule has 4 aromatic rings. The molecule has 2 aromatic carbocycles. The van der Waals surface area contributed by atoms with Crippen LogP contribution >= 0.6 is 0 Å². The third kappa shape index (κ3) is 3.68. The van der Waals surface area contributed by atoms with Crippen LogP contribution in [0.2, 0.25) is 0 Å². The molecule has 0 saturated heterocycles. The first kappa shape index (κ1) is 20.4. The van der Waals surface area contributed by atoms with Gasteiger partial charge >= 0.3 is 16.0 Å². The van der Waals surface area contributed by atoms with Crippen LogP contribution < -0.4 is 5.73 Å². The minimum atomic E-state index is -4.49. The monoisotopic (exact) mass is 438 g/mol. The molecule has 0 radical (unpaired) electrons. The molecule has 0 atom stereocenters. The fraction of sp³-hybridized carbons (Fsp3) is 0.0952. The molecule has 0 bridgehead atoms. The summed E-state index contributed by atoms with van der Waals surface area (Å²) in [4.78, 5) is 16.3. The van der Waals surface area contributed by atoms with Crippen LogP contribution in [0.3, 0.4) is 0 Å². The summed E-state index contributed by atoms with van der Waals surface area (Å²) in [6, 6.07) is 17.4. The SMILES string of the molecule is COC(=O)c1nc(-c2ccc(C)cc2)oc1S(=O)(=O)n1nc(-c2ccccc2)cc1N. The van der Waals surface area contributed by atoms with E-state index in [0.29, 0.717) is 20.9 Å². The predicted molar refractivity (Wildman–Crippen MR) is 113 cm³/mol. The Morgan fingerprint density at radius 2 is 1.74 bits per heavy atom. The number of carbonyl (C=O) groups excluding carboxylic acids is 1. The number of nitrogen functional groups attached to an aromatic ring is 1. The van der Waals surface area contributed by atoms with Gasteiger partial charge in [-0.25, -0.2) is 9.78 Å². The second-order valence-electron chi connectivity index (χ2n) is 6.68. The first-order chi connectivity index (χ1) is 14.8. The van der Waals surface area contributed by atoms with Crippen LogP contribution in [0.5, 0.6) is 0 Å². The average Bonchev–Trinajstić information content (AvgIpc) is 3.39. The number of esters is 1. The number of hydrogen-bond donors (Lipinski definition) is 1. The van der Waals surface area contributed by atoms with Crippen molar-refractivity contribution in [3.8, 4) is 22.7 Å². The number of oxazole rings is 1. The van der Waals surface area contributed by atoms with Crippen molar-refractivity contribution in [2.45, 2.75) is 12.0 Å². The summed E-state index contributed by atoms with van der Waals surface area (Å²) in [5.74, 6) is -1.16. The van der Waals surface area contributed by atoms with Crippen LogP contribution in [0.1, 0.15) is 16.1 Å². The Balaban J connectivity index is 1.85. The van der Waals surface area contributed by atoms with Crippen LogP contribution in [0.4, 0.5) is 5.82 Å². The third-order valence-electron chi connectivity index (χ3n) is 4.51. The molecule has 0 aliphatic rings. The minimum Gasteiger partial charge on any atom is -0.464 e. The number of aromatic nitrogens is 3. The molecule has 4 rings (SSSR count). The standard InChI is InChI=1S/C21H18N4O5S/c1-13-8-10-15(11-9-13)19-23-18(20(26)29-2)21(30-19)31(27,28)25-17(22)12-16(24-25)14-6-4-3-5-7-14/h3-12H,22H2,1-2H3. The maximum atomic E-state index is 13.3. The Hall–Kier alpha value is -3.92. The quantitative estimate of drug-likeness (QED) is 0.470. The van der Waals surface area contributed by atoms with Gasteiger partial charge in [0.2, 0.25) is 11.6 Å². The van der Waals surface area contributed by atoms with Gasteiger partial charge in [-0.2, -0.15) is 13.5 Å². The van der Waals surface area contributed by atoms with Gasteiger partial charge in [0.25, 0.3) is 5.09 Å². The molecular weight excluding hydrogens is 420 g/mol. The van der Waals surface area contributed by atoms with Gasteiger partial charge in [0.05, 0.1) is 12.8 Å². The van der Waals surface area contributed by atoms with Gasteiger partial charge in [-0.1, -0.05) is 48.0 Å². The summed E-state index contributed by atoms with van der Waals surface area (Å²) in [6.45, 7) is 1.90. The van der Waals surface area contributed by atoms with Crippen molar-refractivity contribution in [2.24, 2.45) is 0 Å². The molecule has 0 saturated carbocycles. The fourth-order valence-electron chi connectivity index (χ4n) is 2.93. The highest BCUT2D eigenvalue weighted by atomic mass is 32.2. The summed E-state index contributed by atoms with van der Waals surface area (Å²) in [6.07, 6.45) is 0. The van der Waals surface area contributed by atoms with E-state index >= 15 is 0 Å². The topological polar surface area (TPSA) is 130 Å². The zero-order chi connectivity index (χ0) is 22.2. The molecule has 31 heavy (non-hydrogen) atoms. The highest BCUT2D eigenvalue weighted by molar-refractivity contribution is 7.89. The fourth-order valence-corrected chi connectivity index (χ4v) is 4.17. The highest BCUT2D eigenvalue weighted by Crippen LogP contribution is 2.30. The van der Waals surface area contributed by atoms with Crippen LogP contribution in [0, 0.1) is 6.92 Å². The van der Waals surface area contributed by atoms with Crippen molar-refractivity contribution in [2.75, 3.05) is 12.8 Å². The van der Waals surface area contributed by atoms with E-state index in [0.717, 1.165) is 12.7 Å². The van der Waals surface area contributed by atoms with Crippen molar-refractivity contribution in [3.05, 3.63) is 71.9 Å². The van der Waals surface area contributed by atoms with E-state index < -0.39 is 26.8 Å². The first-order valence-corrected chi connectivity index (χ1v) is 10.6. The van der Waals surface area contributed by atoms with Gasteiger partial charge in [-0.15, -0.1) is 4.09 Å². The number of ether oxygens (including phenoxy) is 1. The number of methoxy groups -OCH3 is 1. The lowest BCUT2D eigenvalue weighted by molar-refractivity contribution is 0.0587. The van der Waals surface area contributed by atoms with E-state index in [4.69, 9.17) is 14.9 Å². The predicted octanol–water partition coefficient (Wildman–Crippen LogP) is 3.12. The van der Waals surface area contributed by atoms with Crippen molar-refractivity contribution in [1.29, 1.82) is 0 Å². The summed E-state index contributed by atoms with van der Waals surface area (Å²) in [5.41, 5.74) is 7.96. The molecule has 158 valence electrons. The van der Waals surface area contributed by atoms with E-state index in [1.54, 1.807) is 36.4 Å². The van der Waals surface area contributed by atoms with E-state index in [9.17, 15) is 13.2 Å². The molecular formula is C21H18N4O5S. The first-order valence-electron chi connectivity index (χ1n) is 9.14. The number of aryl methyl sites for hydroxylation is 1. The molecule has 0 unspecified atom stereocenters. The molecule has 0 fully saturated rings. The molecule has 9 nitrogen and oxygen atoms in total. The zero-order valence-corrected chi connectivity index (χ0v) is 17.5. The Morgan fingerprint density at radius 1 is 1.06 bits per heavy atom. The number of carbonyl (C=O) groups is 1. The molecule has 0 amide bonds. The molecule has 10 heteroatoms. The van der Waals surface area contributed by atoms with Crippen molar-refractivity contribution in [1.82, 2.24) is 14.2 Å². The normalized spacial score (nSPS) is 11.4. The number of benzene rings is 2. The Labute approximate surface area is 178 Å². The molecule has 0 spiro atoms. The lowest BCUT2D eigenvalue weighted by Crippen LogP contribution is -2.19. The third-order valence-corrected chi connectivity index (χ3v) is 6.00. The highest BCUT2D eigenvalue weighted by Gasteiger charge is 2.34. The van der Waals surface area contributed by atoms with Crippen LogP contribution in [0.15, 0.2) is 70.2 Å². The molecule has 0 aliphatic heterocycles. The summed E-state index contributed by atoms with van der Waals surface area (Å²) < 4.78 is 37.5. The number of nitrogens with zero attached hydrogens (tertiary/aromatic N) is 3. The largest absolute Gasteiger partial charge is 0.464 e. The lowest BCUT2D eigenvalue weighted by Gasteiger charge is -2.04. The van der Waals surface area contributed by atoms with Gasteiger partial charge in [-0.3, -0.25) is 0 Å². The van der Waals surface area contributed by atoms with Gasteiger partial charge < -0.3 is 14.9 Å². The zero-order valence-electron chi connectivity index (χ0n) is 16.6. The van der Waals surface area contributed by atoms with Crippen molar-refractivity contribution >= 4 is 21.8 Å². The van der Waals surface area contributed by atoms with Gasteiger partial charge in [0.1, 0.15) is 5.82 Å². The smallest absolute Gasteiger partial charge is 0.361 e. The number of rotatable bonds is 5. The minimum absolute atomic E-state index is 0.0482. The average molecular weight is 438 g/mol. The molecule has 2 heterocycles. The number of anilines is 1. The van der Waals surface area contributed by atoms with Crippen molar-refractivity contribution in [3.63, 3.8) is 0 Å². The van der Waals surface area contributed by atoms with E-state index in [2.05, 4.69) is 10.1 Å². The Morgan fingerprint density at radius 3 is 2.39 bits per heavy atom. The Bertz CT molecular complexity index is 1360. The number of nitrogens with two attached hydrogens (primary N) is 1. The lowest BCUT2D eigenvalue weighted by atomic mass is 10.1. The van der Waals surface area contributed by atoms with Crippen molar-refractivity contribution < 1.29 is 22.4 Å². The molecule has 2 aromatic heterocycles. The van der Waals surface area contributed by atoms with Gasteiger partial charge in [0.15, 0.2) is 0 Å². The van der Waals surface area contributed by atoms with Gasteiger partial charge in [0, 0.05) is 17.2 Å². The van der Waals surface area contributed by atoms with E-state index in [1.165, 1.54) is 6.07 Å². The molecule has 0 aliphatic carbocycles. The second kappa shape index (κ2) is 7.73. The summed E-state index contributed by atoms with van der Waals surface area (Å²) in [7, 11) is -3.37. The van der Waals surface area contributed by atoms with Crippen LogP contribution in [0.25, 0.3) is 22.7 Å². The van der Waals surface area contributed by atoms with E-state index in [1.807, 2.05) is 25.1 Å². The second-order valence-corrected chi connectivity index (χ2v) is 8.35. The van der Waals surface area contributed by atoms with E-state index in [-0.39, 0.29) is 11.7 Å².